The normalized spacial score (nSPS) is 11.2. The highest BCUT2D eigenvalue weighted by Gasteiger charge is 2.14. The average molecular weight is 323 g/mol. The van der Waals surface area contributed by atoms with Crippen LogP contribution in [-0.4, -0.2) is 9.38 Å². The third-order valence-electron chi connectivity index (χ3n) is 2.95. The van der Waals surface area contributed by atoms with Gasteiger partial charge in [-0.3, -0.25) is 0 Å². The number of hydrogen-bond acceptors (Lipinski definition) is 1. The SMILES string of the molecule is Cc1cc2nc(-c3c(F)cccc3F)cn2cc1Br. The molecule has 0 aliphatic carbocycles. The van der Waals surface area contributed by atoms with Gasteiger partial charge in [-0.2, -0.15) is 0 Å². The number of hydrogen-bond donors (Lipinski definition) is 0. The van der Waals surface area contributed by atoms with Gasteiger partial charge in [0.2, 0.25) is 0 Å². The van der Waals surface area contributed by atoms with Gasteiger partial charge < -0.3 is 4.40 Å². The number of fused-ring (bicyclic) bond motifs is 1. The summed E-state index contributed by atoms with van der Waals surface area (Å²) in [6.07, 6.45) is 3.43. The number of rotatable bonds is 1. The quantitative estimate of drug-likeness (QED) is 0.651. The van der Waals surface area contributed by atoms with E-state index < -0.39 is 11.6 Å². The van der Waals surface area contributed by atoms with Crippen molar-refractivity contribution in [3.63, 3.8) is 0 Å². The Balaban J connectivity index is 2.26. The predicted octanol–water partition coefficient (Wildman–Crippen LogP) is 4.35. The van der Waals surface area contributed by atoms with E-state index in [2.05, 4.69) is 20.9 Å². The molecular weight excluding hydrogens is 314 g/mol. The number of aryl methyl sites for hydroxylation is 1. The van der Waals surface area contributed by atoms with Gasteiger partial charge in [0.25, 0.3) is 0 Å². The first kappa shape index (κ1) is 12.3. The fourth-order valence-electron chi connectivity index (χ4n) is 1.97. The zero-order chi connectivity index (χ0) is 13.6. The first-order chi connectivity index (χ1) is 9.06. The minimum Gasteiger partial charge on any atom is -0.305 e. The Morgan fingerprint density at radius 2 is 1.84 bits per heavy atom. The van der Waals surface area contributed by atoms with Crippen LogP contribution in [0.1, 0.15) is 5.56 Å². The van der Waals surface area contributed by atoms with Crippen molar-refractivity contribution in [1.82, 2.24) is 9.38 Å². The minimum atomic E-state index is -0.612. The molecule has 2 heterocycles. The number of nitrogens with zero attached hydrogens (tertiary/aromatic N) is 2. The van der Waals surface area contributed by atoms with Crippen molar-refractivity contribution in [3.05, 3.63) is 58.3 Å². The molecular formula is C14H9BrF2N2. The van der Waals surface area contributed by atoms with Crippen LogP contribution in [-0.2, 0) is 0 Å². The lowest BCUT2D eigenvalue weighted by Gasteiger charge is -1.99. The zero-order valence-electron chi connectivity index (χ0n) is 9.99. The molecule has 0 aliphatic rings. The van der Waals surface area contributed by atoms with Gasteiger partial charge in [0, 0.05) is 16.9 Å². The molecule has 5 heteroatoms. The zero-order valence-corrected chi connectivity index (χ0v) is 11.6. The van der Waals surface area contributed by atoms with Crippen LogP contribution in [0.2, 0.25) is 0 Å². The summed E-state index contributed by atoms with van der Waals surface area (Å²) in [5.41, 5.74) is 1.85. The van der Waals surface area contributed by atoms with Crippen molar-refractivity contribution in [2.24, 2.45) is 0 Å². The number of aromatic nitrogens is 2. The van der Waals surface area contributed by atoms with Gasteiger partial charge in [-0.15, -0.1) is 0 Å². The smallest absolute Gasteiger partial charge is 0.137 e. The topological polar surface area (TPSA) is 17.3 Å². The molecule has 0 bridgehead atoms. The summed E-state index contributed by atoms with van der Waals surface area (Å²) >= 11 is 3.41. The summed E-state index contributed by atoms with van der Waals surface area (Å²) in [7, 11) is 0. The van der Waals surface area contributed by atoms with Gasteiger partial charge in [0.1, 0.15) is 17.3 Å². The van der Waals surface area contributed by atoms with Crippen LogP contribution in [0, 0.1) is 18.6 Å². The van der Waals surface area contributed by atoms with Gasteiger partial charge in [0.15, 0.2) is 0 Å². The Morgan fingerprint density at radius 3 is 2.53 bits per heavy atom. The summed E-state index contributed by atoms with van der Waals surface area (Å²) in [5, 5.41) is 0. The molecule has 0 saturated heterocycles. The Kier molecular flexibility index (Phi) is 2.86. The van der Waals surface area contributed by atoms with E-state index in [9.17, 15) is 8.78 Å². The molecule has 2 aromatic heterocycles. The van der Waals surface area contributed by atoms with E-state index in [0.717, 1.165) is 10.0 Å². The highest BCUT2D eigenvalue weighted by Crippen LogP contribution is 2.27. The molecule has 2 nitrogen and oxygen atoms in total. The predicted molar refractivity (Wildman–Crippen MR) is 73.0 cm³/mol. The van der Waals surface area contributed by atoms with Gasteiger partial charge in [-0.05, 0) is 46.6 Å². The maximum absolute atomic E-state index is 13.7. The van der Waals surface area contributed by atoms with E-state index in [1.54, 1.807) is 10.6 Å². The van der Waals surface area contributed by atoms with Crippen LogP contribution in [0.4, 0.5) is 8.78 Å². The Bertz CT molecular complexity index is 721. The molecule has 1 aromatic carbocycles. The van der Waals surface area contributed by atoms with Crippen molar-refractivity contribution in [1.29, 1.82) is 0 Å². The Labute approximate surface area is 116 Å². The molecule has 96 valence electrons. The molecule has 19 heavy (non-hydrogen) atoms. The van der Waals surface area contributed by atoms with Crippen LogP contribution >= 0.6 is 15.9 Å². The van der Waals surface area contributed by atoms with Crippen molar-refractivity contribution in [2.75, 3.05) is 0 Å². The number of imidazole rings is 1. The van der Waals surface area contributed by atoms with Crippen LogP contribution in [0.15, 0.2) is 41.1 Å². The highest BCUT2D eigenvalue weighted by atomic mass is 79.9. The van der Waals surface area contributed by atoms with Crippen molar-refractivity contribution in [2.45, 2.75) is 6.92 Å². The molecule has 0 saturated carbocycles. The summed E-state index contributed by atoms with van der Waals surface area (Å²) in [6, 6.07) is 5.64. The lowest BCUT2D eigenvalue weighted by atomic mass is 10.1. The van der Waals surface area contributed by atoms with Crippen molar-refractivity contribution in [3.8, 4) is 11.3 Å². The Morgan fingerprint density at radius 1 is 1.16 bits per heavy atom. The molecule has 0 unspecified atom stereocenters. The second-order valence-electron chi connectivity index (χ2n) is 4.29. The summed E-state index contributed by atoms with van der Waals surface area (Å²) < 4.78 is 30.1. The Hall–Kier alpha value is -1.75. The molecule has 0 amide bonds. The maximum Gasteiger partial charge on any atom is 0.137 e. The standard InChI is InChI=1S/C14H9BrF2N2/c1-8-5-13-18-12(7-19(13)6-9(8)15)14-10(16)3-2-4-11(14)17/h2-7H,1H3. The summed E-state index contributed by atoms with van der Waals surface area (Å²) in [6.45, 7) is 1.93. The van der Waals surface area contributed by atoms with Gasteiger partial charge in [-0.25, -0.2) is 13.8 Å². The maximum atomic E-state index is 13.7. The van der Waals surface area contributed by atoms with E-state index in [0.29, 0.717) is 5.65 Å². The number of benzene rings is 1. The highest BCUT2D eigenvalue weighted by molar-refractivity contribution is 9.10. The van der Waals surface area contributed by atoms with Crippen LogP contribution in [0.5, 0.6) is 0 Å². The second kappa shape index (κ2) is 4.42. The van der Waals surface area contributed by atoms with Gasteiger partial charge in [-0.1, -0.05) is 6.07 Å². The number of pyridine rings is 1. The van der Waals surface area contributed by atoms with E-state index in [-0.39, 0.29) is 11.3 Å². The largest absolute Gasteiger partial charge is 0.305 e. The lowest BCUT2D eigenvalue weighted by Crippen LogP contribution is -1.89. The fraction of sp³-hybridized carbons (Fsp3) is 0.0714. The lowest BCUT2D eigenvalue weighted by molar-refractivity contribution is 0.589. The monoisotopic (exact) mass is 322 g/mol. The first-order valence-corrected chi connectivity index (χ1v) is 6.45. The van der Waals surface area contributed by atoms with Crippen molar-refractivity contribution >= 4 is 21.6 Å². The van der Waals surface area contributed by atoms with Crippen molar-refractivity contribution < 1.29 is 8.78 Å². The molecule has 3 rings (SSSR count). The molecule has 0 aliphatic heterocycles. The third-order valence-corrected chi connectivity index (χ3v) is 3.78. The summed E-state index contributed by atoms with van der Waals surface area (Å²) in [5.74, 6) is -1.22. The first-order valence-electron chi connectivity index (χ1n) is 5.65. The van der Waals surface area contributed by atoms with E-state index in [1.165, 1.54) is 18.2 Å². The van der Waals surface area contributed by atoms with Crippen LogP contribution in [0.25, 0.3) is 16.9 Å². The van der Waals surface area contributed by atoms with E-state index in [4.69, 9.17) is 0 Å². The van der Waals surface area contributed by atoms with Crippen LogP contribution in [0.3, 0.4) is 0 Å². The summed E-state index contributed by atoms with van der Waals surface area (Å²) in [4.78, 5) is 4.27. The molecule has 3 aromatic rings. The second-order valence-corrected chi connectivity index (χ2v) is 5.15. The average Bonchev–Trinajstić information content (AvgIpc) is 2.72. The van der Waals surface area contributed by atoms with Gasteiger partial charge >= 0.3 is 0 Å². The molecule has 0 radical (unpaired) electrons. The number of halogens is 3. The van der Waals surface area contributed by atoms with Gasteiger partial charge in [0.05, 0.1) is 11.3 Å². The third kappa shape index (κ3) is 2.04. The molecule has 0 N–H and O–H groups in total. The van der Waals surface area contributed by atoms with E-state index in [1.807, 2.05) is 19.2 Å². The molecule has 0 atom stereocenters. The molecule has 0 fully saturated rings. The molecule has 0 spiro atoms. The minimum absolute atomic E-state index is 0.0972. The van der Waals surface area contributed by atoms with E-state index >= 15 is 0 Å². The van der Waals surface area contributed by atoms with Crippen LogP contribution < -0.4 is 0 Å². The fourth-order valence-corrected chi connectivity index (χ4v) is 2.30.